The lowest BCUT2D eigenvalue weighted by molar-refractivity contribution is -0.385. The van der Waals surface area contributed by atoms with E-state index in [1.54, 1.807) is 6.07 Å². The van der Waals surface area contributed by atoms with Crippen molar-refractivity contribution < 1.29 is 10.0 Å². The fourth-order valence-corrected chi connectivity index (χ4v) is 3.07. The van der Waals surface area contributed by atoms with E-state index in [2.05, 4.69) is 16.7 Å². The molecular weight excluding hydrogens is 316 g/mol. The number of aliphatic hydroxyl groups excluding tert-OH is 1. The summed E-state index contributed by atoms with van der Waals surface area (Å²) < 4.78 is 0. The number of nitro benzene ring substituents is 1. The molecule has 0 bridgehead atoms. The number of nitrogen functional groups attached to an aromatic ring is 1. The number of benzene rings is 1. The van der Waals surface area contributed by atoms with Gasteiger partial charge in [-0.15, -0.1) is 11.8 Å². The van der Waals surface area contributed by atoms with Crippen LogP contribution in [-0.2, 0) is 0 Å². The number of hydrogen-bond donors (Lipinski definition) is 2. The fraction of sp³-hybridized carbons (Fsp3) is 0.600. The molecule has 0 amide bonds. The molecule has 1 aromatic carbocycles. The summed E-state index contributed by atoms with van der Waals surface area (Å²) in [6, 6.07) is 4.52. The van der Waals surface area contributed by atoms with Gasteiger partial charge in [0, 0.05) is 35.1 Å². The molecule has 0 aliphatic rings. The van der Waals surface area contributed by atoms with Crippen LogP contribution < -0.4 is 5.73 Å². The predicted octanol–water partition coefficient (Wildman–Crippen LogP) is 1.86. The monoisotopic (exact) mass is 342 g/mol. The molecule has 23 heavy (non-hydrogen) atoms. The number of nitrogens with two attached hydrogens (primary N) is 1. The second-order valence-corrected chi connectivity index (χ2v) is 6.33. The van der Waals surface area contributed by atoms with Gasteiger partial charge in [-0.2, -0.15) is 0 Å². The molecule has 130 valence electrons. The lowest BCUT2D eigenvalue weighted by Gasteiger charge is -2.21. The van der Waals surface area contributed by atoms with E-state index in [1.807, 2.05) is 7.05 Å². The zero-order valence-corrected chi connectivity index (χ0v) is 14.6. The molecule has 0 aromatic heterocycles. The third kappa shape index (κ3) is 7.17. The molecule has 0 atom stereocenters. The first-order valence-electron chi connectivity index (χ1n) is 7.66. The van der Waals surface area contributed by atoms with Gasteiger partial charge in [0.1, 0.15) is 0 Å². The number of anilines is 1. The molecule has 8 heteroatoms. The van der Waals surface area contributed by atoms with Crippen molar-refractivity contribution in [3.63, 3.8) is 0 Å². The Kier molecular flexibility index (Phi) is 8.93. The van der Waals surface area contributed by atoms with E-state index in [9.17, 15) is 10.1 Å². The van der Waals surface area contributed by atoms with Crippen LogP contribution in [0.1, 0.15) is 13.3 Å². The number of nitro groups is 1. The highest BCUT2D eigenvalue weighted by Crippen LogP contribution is 2.29. The molecule has 1 rings (SSSR count). The third-order valence-electron chi connectivity index (χ3n) is 3.53. The van der Waals surface area contributed by atoms with E-state index in [1.165, 1.54) is 23.9 Å². The Balaban J connectivity index is 2.40. The summed E-state index contributed by atoms with van der Waals surface area (Å²) in [5, 5.41) is 19.8. The maximum atomic E-state index is 10.8. The molecule has 0 spiro atoms. The number of rotatable bonds is 11. The Labute approximate surface area is 141 Å². The molecule has 0 heterocycles. The lowest BCUT2D eigenvalue weighted by atomic mass is 10.3. The number of thioether (sulfide) groups is 1. The van der Waals surface area contributed by atoms with Crippen molar-refractivity contribution in [2.45, 2.75) is 18.2 Å². The van der Waals surface area contributed by atoms with Crippen molar-refractivity contribution >= 4 is 23.1 Å². The van der Waals surface area contributed by atoms with Crippen LogP contribution in [0.15, 0.2) is 23.1 Å². The standard InChI is InChI=1S/C15H26N4O3S/c1-3-18(9-10-20)8-4-7-17(2)12-23-15-11-13(19(21)22)5-6-14(15)16/h5-6,11,20H,3-4,7-10,12,16H2,1-2H3. The van der Waals surface area contributed by atoms with Crippen LogP contribution >= 0.6 is 11.8 Å². The number of nitrogens with zero attached hydrogens (tertiary/aromatic N) is 3. The van der Waals surface area contributed by atoms with Gasteiger partial charge >= 0.3 is 0 Å². The molecule has 0 aliphatic carbocycles. The minimum atomic E-state index is -0.409. The van der Waals surface area contributed by atoms with E-state index in [0.717, 1.165) is 36.8 Å². The SMILES string of the molecule is CCN(CCO)CCCN(C)CSc1cc([N+](=O)[O-])ccc1N. The molecule has 0 saturated carbocycles. The average Bonchev–Trinajstić information content (AvgIpc) is 2.53. The zero-order valence-electron chi connectivity index (χ0n) is 13.8. The zero-order chi connectivity index (χ0) is 17.2. The Morgan fingerprint density at radius 3 is 2.70 bits per heavy atom. The lowest BCUT2D eigenvalue weighted by Crippen LogP contribution is -2.30. The Hall–Kier alpha value is -1.35. The molecule has 0 saturated heterocycles. The van der Waals surface area contributed by atoms with Crippen LogP contribution in [0.3, 0.4) is 0 Å². The van der Waals surface area contributed by atoms with Gasteiger partial charge in [0.05, 0.1) is 11.5 Å². The van der Waals surface area contributed by atoms with Crippen molar-refractivity contribution in [1.82, 2.24) is 9.80 Å². The molecule has 0 unspecified atom stereocenters. The van der Waals surface area contributed by atoms with Crippen LogP contribution in [0.2, 0.25) is 0 Å². The Bertz CT molecular complexity index is 502. The summed E-state index contributed by atoms with van der Waals surface area (Å²) >= 11 is 1.50. The fourth-order valence-electron chi connectivity index (χ4n) is 2.14. The average molecular weight is 342 g/mol. The van der Waals surface area contributed by atoms with Gasteiger partial charge in [-0.25, -0.2) is 0 Å². The molecule has 1 aromatic rings. The van der Waals surface area contributed by atoms with Gasteiger partial charge in [-0.05, 0) is 39.2 Å². The molecule has 3 N–H and O–H groups in total. The van der Waals surface area contributed by atoms with E-state index in [-0.39, 0.29) is 12.3 Å². The van der Waals surface area contributed by atoms with Crippen molar-refractivity contribution in [2.75, 3.05) is 51.4 Å². The van der Waals surface area contributed by atoms with Gasteiger partial charge in [0.15, 0.2) is 0 Å². The molecule has 0 aliphatic heterocycles. The van der Waals surface area contributed by atoms with E-state index in [4.69, 9.17) is 10.8 Å². The maximum absolute atomic E-state index is 10.8. The summed E-state index contributed by atoms with van der Waals surface area (Å²) in [5.74, 6) is 0.720. The summed E-state index contributed by atoms with van der Waals surface area (Å²) in [6.45, 7) is 5.78. The first kappa shape index (κ1) is 19.7. The van der Waals surface area contributed by atoms with E-state index in [0.29, 0.717) is 12.2 Å². The summed E-state index contributed by atoms with van der Waals surface area (Å²) in [4.78, 5) is 15.5. The topological polar surface area (TPSA) is 95.9 Å². The second-order valence-electron chi connectivity index (χ2n) is 5.34. The normalized spacial score (nSPS) is 11.3. The van der Waals surface area contributed by atoms with Gasteiger partial charge in [-0.1, -0.05) is 6.92 Å². The van der Waals surface area contributed by atoms with E-state index < -0.39 is 4.92 Å². The van der Waals surface area contributed by atoms with Gasteiger partial charge in [0.2, 0.25) is 0 Å². The summed E-state index contributed by atoms with van der Waals surface area (Å²) in [6.07, 6.45) is 1.01. The largest absolute Gasteiger partial charge is 0.398 e. The van der Waals surface area contributed by atoms with Gasteiger partial charge in [0.25, 0.3) is 5.69 Å². The number of aliphatic hydroxyl groups is 1. The van der Waals surface area contributed by atoms with Crippen molar-refractivity contribution in [2.24, 2.45) is 0 Å². The minimum absolute atomic E-state index is 0.0620. The number of non-ortho nitro benzene ring substituents is 1. The Morgan fingerprint density at radius 2 is 2.09 bits per heavy atom. The predicted molar refractivity (Wildman–Crippen MR) is 94.7 cm³/mol. The van der Waals surface area contributed by atoms with Crippen molar-refractivity contribution in [3.05, 3.63) is 28.3 Å². The molecular formula is C15H26N4O3S. The third-order valence-corrected chi connectivity index (χ3v) is 4.76. The highest BCUT2D eigenvalue weighted by atomic mass is 32.2. The highest BCUT2D eigenvalue weighted by Gasteiger charge is 2.10. The van der Waals surface area contributed by atoms with Gasteiger partial charge in [-0.3, -0.25) is 15.0 Å². The summed E-state index contributed by atoms with van der Waals surface area (Å²) in [7, 11) is 2.02. The van der Waals surface area contributed by atoms with Crippen LogP contribution in [0, 0.1) is 10.1 Å². The van der Waals surface area contributed by atoms with Crippen molar-refractivity contribution in [3.8, 4) is 0 Å². The smallest absolute Gasteiger partial charge is 0.270 e. The second kappa shape index (κ2) is 10.4. The first-order chi connectivity index (χ1) is 11.0. The quantitative estimate of drug-likeness (QED) is 0.208. The molecule has 0 radical (unpaired) electrons. The van der Waals surface area contributed by atoms with Crippen LogP contribution in [0.5, 0.6) is 0 Å². The minimum Gasteiger partial charge on any atom is -0.398 e. The van der Waals surface area contributed by atoms with Crippen molar-refractivity contribution in [1.29, 1.82) is 0 Å². The van der Waals surface area contributed by atoms with Gasteiger partial charge < -0.3 is 15.7 Å². The number of hydrogen-bond acceptors (Lipinski definition) is 7. The first-order valence-corrected chi connectivity index (χ1v) is 8.65. The number of likely N-dealkylation sites (N-methyl/N-ethyl adjacent to an activating group) is 1. The van der Waals surface area contributed by atoms with Crippen LogP contribution in [-0.4, -0.2) is 65.5 Å². The Morgan fingerprint density at radius 1 is 1.35 bits per heavy atom. The van der Waals surface area contributed by atoms with Crippen LogP contribution in [0.4, 0.5) is 11.4 Å². The highest BCUT2D eigenvalue weighted by molar-refractivity contribution is 7.99. The maximum Gasteiger partial charge on any atom is 0.270 e. The van der Waals surface area contributed by atoms with E-state index >= 15 is 0 Å². The molecule has 0 fully saturated rings. The molecule has 7 nitrogen and oxygen atoms in total. The van der Waals surface area contributed by atoms with Crippen LogP contribution in [0.25, 0.3) is 0 Å². The summed E-state index contributed by atoms with van der Waals surface area (Å²) in [5.41, 5.74) is 6.50.